The van der Waals surface area contributed by atoms with Gasteiger partial charge in [0, 0.05) is 28.4 Å². The van der Waals surface area contributed by atoms with E-state index in [1.54, 1.807) is 18.2 Å². The molecule has 3 saturated heterocycles. The largest absolute Gasteiger partial charge is 0.324 e. The van der Waals surface area contributed by atoms with E-state index in [9.17, 15) is 24.5 Å². The number of nitro groups is 1. The average molecular weight is 467 g/mol. The summed E-state index contributed by atoms with van der Waals surface area (Å²) in [6.07, 6.45) is 1.49. The molecule has 0 bridgehead atoms. The zero-order chi connectivity index (χ0) is 23.2. The van der Waals surface area contributed by atoms with Gasteiger partial charge in [-0.3, -0.25) is 29.4 Å². The lowest BCUT2D eigenvalue weighted by atomic mass is 9.75. The van der Waals surface area contributed by atoms with Gasteiger partial charge in [0.2, 0.25) is 17.7 Å². The monoisotopic (exact) mass is 466 g/mol. The van der Waals surface area contributed by atoms with Crippen molar-refractivity contribution in [3.8, 4) is 0 Å². The van der Waals surface area contributed by atoms with Crippen LogP contribution in [-0.4, -0.2) is 40.1 Å². The van der Waals surface area contributed by atoms with Gasteiger partial charge < -0.3 is 5.32 Å². The van der Waals surface area contributed by atoms with Crippen LogP contribution < -0.4 is 10.2 Å². The maximum Gasteiger partial charge on any atom is 0.274 e. The second kappa shape index (κ2) is 6.61. The second-order valence-electron chi connectivity index (χ2n) is 9.01. The minimum absolute atomic E-state index is 0.168. The van der Waals surface area contributed by atoms with Crippen molar-refractivity contribution in [1.29, 1.82) is 0 Å². The fraction of sp³-hybridized carbons (Fsp3) is 0.348. The summed E-state index contributed by atoms with van der Waals surface area (Å²) in [7, 11) is 0. The Bertz CT molecular complexity index is 1300. The van der Waals surface area contributed by atoms with E-state index >= 15 is 0 Å². The van der Waals surface area contributed by atoms with E-state index in [2.05, 4.69) is 5.32 Å². The number of halogens is 1. The molecular formula is C23H19ClN4O5. The van der Waals surface area contributed by atoms with Crippen LogP contribution in [0.3, 0.4) is 0 Å². The van der Waals surface area contributed by atoms with Crippen LogP contribution in [0.15, 0.2) is 36.4 Å². The minimum atomic E-state index is -1.33. The van der Waals surface area contributed by atoms with Crippen LogP contribution in [-0.2, 0) is 19.9 Å². The molecule has 3 fully saturated rings. The lowest BCUT2D eigenvalue weighted by Gasteiger charge is -2.36. The van der Waals surface area contributed by atoms with Gasteiger partial charge in [-0.2, -0.15) is 0 Å². The molecule has 4 aliphatic rings. The molecule has 0 saturated carbocycles. The second-order valence-corrected chi connectivity index (χ2v) is 9.44. The molecule has 33 heavy (non-hydrogen) atoms. The number of nitrogens with zero attached hydrogens (tertiary/aromatic N) is 3. The molecule has 6 rings (SSSR count). The van der Waals surface area contributed by atoms with Crippen molar-refractivity contribution < 1.29 is 19.3 Å². The fourth-order valence-corrected chi connectivity index (χ4v) is 6.64. The summed E-state index contributed by atoms with van der Waals surface area (Å²) in [6.45, 7) is 2.12. The minimum Gasteiger partial charge on any atom is -0.324 e. The molecular weight excluding hydrogens is 448 g/mol. The third-order valence-electron chi connectivity index (χ3n) is 7.67. The average Bonchev–Trinajstić information content (AvgIpc) is 3.47. The number of carbonyl (C=O) groups is 3. The van der Waals surface area contributed by atoms with Gasteiger partial charge in [-0.05, 0) is 50.6 Å². The number of rotatable bonds is 2. The number of fused-ring (bicyclic) bond motifs is 7. The van der Waals surface area contributed by atoms with E-state index in [4.69, 9.17) is 11.6 Å². The SMILES string of the molecule is Cc1c(N2C(=O)[C@H]3[C@@H](C2=O)[C@@]2(C(=O)Nc4ccc(Cl)cc42)N2CCC[C@@H]32)cccc1[N+](=O)[O-]. The lowest BCUT2D eigenvalue weighted by Crippen LogP contribution is -2.54. The van der Waals surface area contributed by atoms with E-state index < -0.39 is 34.1 Å². The molecule has 4 heterocycles. The molecule has 0 aliphatic carbocycles. The molecule has 1 N–H and O–H groups in total. The summed E-state index contributed by atoms with van der Waals surface area (Å²) < 4.78 is 0. The standard InChI is InChI=1S/C23H19ClN4O5/c1-11-15(4-2-5-16(11)28(32)33)27-20(29)18-17-6-3-9-26(17)23(19(18)21(27)30)13-10-12(24)7-8-14(13)25-22(23)31/h2,4-5,7-8,10,17-19H,3,6,9H2,1H3,(H,25,31)/t17-,18+,19-,23-/m0/s1. The molecule has 0 aromatic heterocycles. The van der Waals surface area contributed by atoms with Gasteiger partial charge in [-0.1, -0.05) is 17.7 Å². The first-order chi connectivity index (χ1) is 15.8. The molecule has 10 heteroatoms. The molecule has 4 atom stereocenters. The van der Waals surface area contributed by atoms with Crippen LogP contribution in [0.1, 0.15) is 24.0 Å². The Morgan fingerprint density at radius 3 is 2.73 bits per heavy atom. The number of anilines is 2. The van der Waals surface area contributed by atoms with Crippen molar-refractivity contribution in [3.63, 3.8) is 0 Å². The van der Waals surface area contributed by atoms with E-state index in [0.717, 1.165) is 11.3 Å². The van der Waals surface area contributed by atoms with E-state index in [0.29, 0.717) is 29.2 Å². The Morgan fingerprint density at radius 2 is 1.97 bits per heavy atom. The summed E-state index contributed by atoms with van der Waals surface area (Å²) in [5.74, 6) is -2.91. The molecule has 9 nitrogen and oxygen atoms in total. The molecule has 2 aromatic rings. The Kier molecular flexibility index (Phi) is 4.07. The summed E-state index contributed by atoms with van der Waals surface area (Å²) in [6, 6.07) is 9.16. The highest BCUT2D eigenvalue weighted by Crippen LogP contribution is 2.61. The summed E-state index contributed by atoms with van der Waals surface area (Å²) in [4.78, 5) is 55.3. The Hall–Kier alpha value is -3.30. The highest BCUT2D eigenvalue weighted by atomic mass is 35.5. The topological polar surface area (TPSA) is 113 Å². The normalized spacial score (nSPS) is 30.1. The first-order valence-corrected chi connectivity index (χ1v) is 11.2. The van der Waals surface area contributed by atoms with Crippen molar-refractivity contribution in [2.45, 2.75) is 31.3 Å². The van der Waals surface area contributed by atoms with Gasteiger partial charge in [-0.25, -0.2) is 4.90 Å². The fourth-order valence-electron chi connectivity index (χ4n) is 6.46. The van der Waals surface area contributed by atoms with Crippen LogP contribution in [0.25, 0.3) is 0 Å². The number of benzene rings is 2. The van der Waals surface area contributed by atoms with Crippen LogP contribution in [0.4, 0.5) is 17.1 Å². The van der Waals surface area contributed by atoms with Gasteiger partial charge >= 0.3 is 0 Å². The zero-order valence-corrected chi connectivity index (χ0v) is 18.3. The highest BCUT2D eigenvalue weighted by molar-refractivity contribution is 6.31. The first-order valence-electron chi connectivity index (χ1n) is 10.8. The van der Waals surface area contributed by atoms with Crippen LogP contribution in [0, 0.1) is 28.9 Å². The van der Waals surface area contributed by atoms with Gasteiger partial charge in [0.05, 0.1) is 28.0 Å². The molecule has 2 aromatic carbocycles. The Labute approximate surface area is 193 Å². The number of amides is 3. The van der Waals surface area contributed by atoms with E-state index in [1.165, 1.54) is 25.1 Å². The van der Waals surface area contributed by atoms with E-state index in [1.807, 2.05) is 4.90 Å². The Morgan fingerprint density at radius 1 is 1.18 bits per heavy atom. The van der Waals surface area contributed by atoms with Crippen LogP contribution in [0.2, 0.25) is 5.02 Å². The maximum atomic E-state index is 14.0. The predicted octanol–water partition coefficient (Wildman–Crippen LogP) is 2.99. The molecule has 168 valence electrons. The summed E-state index contributed by atoms with van der Waals surface area (Å²) in [5, 5.41) is 14.8. The molecule has 0 unspecified atom stereocenters. The van der Waals surface area contributed by atoms with Gasteiger partial charge in [0.15, 0.2) is 0 Å². The van der Waals surface area contributed by atoms with Crippen molar-refractivity contribution in [1.82, 2.24) is 4.90 Å². The van der Waals surface area contributed by atoms with Gasteiger partial charge in [0.25, 0.3) is 5.69 Å². The molecule has 4 aliphatic heterocycles. The van der Waals surface area contributed by atoms with Crippen molar-refractivity contribution in [2.24, 2.45) is 11.8 Å². The third-order valence-corrected chi connectivity index (χ3v) is 7.90. The first kappa shape index (κ1) is 20.3. The quantitative estimate of drug-likeness (QED) is 0.413. The number of imide groups is 1. The van der Waals surface area contributed by atoms with Gasteiger partial charge in [-0.15, -0.1) is 0 Å². The Balaban J connectivity index is 1.56. The molecule has 3 amide bonds. The summed E-state index contributed by atoms with van der Waals surface area (Å²) >= 11 is 6.29. The number of nitrogens with one attached hydrogen (secondary N) is 1. The highest BCUT2D eigenvalue weighted by Gasteiger charge is 2.74. The van der Waals surface area contributed by atoms with Crippen molar-refractivity contribution in [2.75, 3.05) is 16.8 Å². The molecule has 0 radical (unpaired) electrons. The van der Waals surface area contributed by atoms with E-state index in [-0.39, 0.29) is 28.9 Å². The predicted molar refractivity (Wildman–Crippen MR) is 119 cm³/mol. The number of nitro benzene ring substituents is 1. The lowest BCUT2D eigenvalue weighted by molar-refractivity contribution is -0.385. The third kappa shape index (κ3) is 2.33. The number of carbonyl (C=O) groups excluding carboxylic acids is 3. The molecule has 1 spiro atoms. The van der Waals surface area contributed by atoms with Crippen LogP contribution in [0.5, 0.6) is 0 Å². The van der Waals surface area contributed by atoms with Crippen molar-refractivity contribution >= 4 is 46.4 Å². The zero-order valence-electron chi connectivity index (χ0n) is 17.6. The van der Waals surface area contributed by atoms with Crippen LogP contribution >= 0.6 is 11.6 Å². The maximum absolute atomic E-state index is 14.0. The smallest absolute Gasteiger partial charge is 0.274 e. The number of hydrogen-bond acceptors (Lipinski definition) is 6. The van der Waals surface area contributed by atoms with Crippen molar-refractivity contribution in [3.05, 3.63) is 62.7 Å². The van der Waals surface area contributed by atoms with Gasteiger partial charge in [0.1, 0.15) is 5.54 Å². The number of hydrogen-bond donors (Lipinski definition) is 1. The summed E-state index contributed by atoms with van der Waals surface area (Å²) in [5.41, 5.74) is 0.123.